The molecule has 2 aromatic rings. The number of methoxy groups -OCH3 is 1. The summed E-state index contributed by atoms with van der Waals surface area (Å²) in [5.74, 6) is 1.24. The lowest BCUT2D eigenvalue weighted by molar-refractivity contribution is 0.264. The normalized spacial score (nSPS) is 18.5. The van der Waals surface area contributed by atoms with E-state index in [-0.39, 0.29) is 17.1 Å². The molecule has 2 atom stereocenters. The maximum absolute atomic E-state index is 13.6. The van der Waals surface area contributed by atoms with Crippen LogP contribution >= 0.6 is 11.6 Å². The maximum atomic E-state index is 13.6. The number of hydrogen-bond acceptors (Lipinski definition) is 2. The molecule has 2 aromatic carbocycles. The zero-order chi connectivity index (χ0) is 14.8. The first-order chi connectivity index (χ1) is 10.2. The third-order valence-corrected chi connectivity index (χ3v) is 4.39. The number of benzene rings is 2. The van der Waals surface area contributed by atoms with Gasteiger partial charge in [-0.3, -0.25) is 0 Å². The Morgan fingerprint density at radius 3 is 2.90 bits per heavy atom. The minimum absolute atomic E-state index is 0.0762. The van der Waals surface area contributed by atoms with Gasteiger partial charge in [0, 0.05) is 11.5 Å². The Hall–Kier alpha value is -1.74. The Bertz CT molecular complexity index is 644. The van der Waals surface area contributed by atoms with Crippen LogP contribution in [0.15, 0.2) is 42.5 Å². The molecule has 0 saturated heterocycles. The van der Waals surface area contributed by atoms with E-state index in [1.54, 1.807) is 13.2 Å². The molecule has 1 aliphatic heterocycles. The van der Waals surface area contributed by atoms with Gasteiger partial charge in [-0.1, -0.05) is 18.2 Å². The standard InChI is InChI=1S/C17H16ClFO2/c1-20-15-7-6-11(19)10-14(15)17(18)13-8-9-21-16-5-3-2-4-12(13)16/h2-7,10,13,17H,8-9H2,1H3. The summed E-state index contributed by atoms with van der Waals surface area (Å²) < 4.78 is 24.5. The molecule has 0 N–H and O–H groups in total. The van der Waals surface area contributed by atoms with E-state index in [0.717, 1.165) is 17.7 Å². The summed E-state index contributed by atoms with van der Waals surface area (Å²) in [6.45, 7) is 0.614. The highest BCUT2D eigenvalue weighted by Gasteiger charge is 2.30. The van der Waals surface area contributed by atoms with Crippen LogP contribution in [0.5, 0.6) is 11.5 Å². The molecule has 2 nitrogen and oxygen atoms in total. The highest BCUT2D eigenvalue weighted by atomic mass is 35.5. The Kier molecular flexibility index (Phi) is 4.02. The number of alkyl halides is 1. The van der Waals surface area contributed by atoms with Crippen molar-refractivity contribution >= 4 is 11.6 Å². The highest BCUT2D eigenvalue weighted by Crippen LogP contribution is 2.46. The number of ether oxygens (including phenoxy) is 2. The van der Waals surface area contributed by atoms with Gasteiger partial charge < -0.3 is 9.47 Å². The van der Waals surface area contributed by atoms with Crippen LogP contribution < -0.4 is 9.47 Å². The van der Waals surface area contributed by atoms with Crippen molar-refractivity contribution in [3.05, 3.63) is 59.4 Å². The van der Waals surface area contributed by atoms with Gasteiger partial charge in [0.2, 0.25) is 0 Å². The highest BCUT2D eigenvalue weighted by molar-refractivity contribution is 6.21. The van der Waals surface area contributed by atoms with Gasteiger partial charge in [-0.25, -0.2) is 4.39 Å². The fourth-order valence-electron chi connectivity index (χ4n) is 2.81. The maximum Gasteiger partial charge on any atom is 0.123 e. The summed E-state index contributed by atoms with van der Waals surface area (Å²) in [5.41, 5.74) is 1.75. The smallest absolute Gasteiger partial charge is 0.123 e. The van der Waals surface area contributed by atoms with E-state index in [9.17, 15) is 4.39 Å². The van der Waals surface area contributed by atoms with Crippen molar-refractivity contribution in [1.82, 2.24) is 0 Å². The molecule has 1 heterocycles. The van der Waals surface area contributed by atoms with Crippen LogP contribution in [-0.4, -0.2) is 13.7 Å². The van der Waals surface area contributed by atoms with Gasteiger partial charge in [0.25, 0.3) is 0 Å². The minimum atomic E-state index is -0.360. The number of para-hydroxylation sites is 1. The lowest BCUT2D eigenvalue weighted by Crippen LogP contribution is -2.18. The number of hydrogen-bond donors (Lipinski definition) is 0. The van der Waals surface area contributed by atoms with Crippen molar-refractivity contribution in [3.63, 3.8) is 0 Å². The summed E-state index contributed by atoms with van der Waals surface area (Å²) in [7, 11) is 1.57. The van der Waals surface area contributed by atoms with Gasteiger partial charge in [-0.05, 0) is 36.2 Å². The second-order valence-electron chi connectivity index (χ2n) is 5.07. The van der Waals surface area contributed by atoms with E-state index >= 15 is 0 Å². The molecule has 0 amide bonds. The summed E-state index contributed by atoms with van der Waals surface area (Å²) in [5, 5.41) is -0.360. The van der Waals surface area contributed by atoms with E-state index in [1.165, 1.54) is 12.1 Å². The molecule has 110 valence electrons. The molecule has 0 aromatic heterocycles. The van der Waals surface area contributed by atoms with E-state index < -0.39 is 0 Å². The SMILES string of the molecule is COc1ccc(F)cc1C(Cl)C1CCOc2ccccc21. The molecule has 4 heteroatoms. The van der Waals surface area contributed by atoms with Crippen molar-refractivity contribution in [2.45, 2.75) is 17.7 Å². The second-order valence-corrected chi connectivity index (χ2v) is 5.54. The topological polar surface area (TPSA) is 18.5 Å². The van der Waals surface area contributed by atoms with Crippen LogP contribution in [0, 0.1) is 5.82 Å². The van der Waals surface area contributed by atoms with E-state index in [0.29, 0.717) is 17.9 Å². The molecule has 0 radical (unpaired) electrons. The third-order valence-electron chi connectivity index (χ3n) is 3.85. The fourth-order valence-corrected chi connectivity index (χ4v) is 3.24. The van der Waals surface area contributed by atoms with Crippen molar-refractivity contribution in [1.29, 1.82) is 0 Å². The van der Waals surface area contributed by atoms with Crippen LogP contribution in [0.25, 0.3) is 0 Å². The van der Waals surface area contributed by atoms with Gasteiger partial charge in [0.1, 0.15) is 17.3 Å². The van der Waals surface area contributed by atoms with E-state index in [2.05, 4.69) is 0 Å². The third kappa shape index (κ3) is 2.70. The number of rotatable bonds is 3. The molecule has 2 unspecified atom stereocenters. The van der Waals surface area contributed by atoms with E-state index in [1.807, 2.05) is 24.3 Å². The van der Waals surface area contributed by atoms with Crippen molar-refractivity contribution in [3.8, 4) is 11.5 Å². The van der Waals surface area contributed by atoms with E-state index in [4.69, 9.17) is 21.1 Å². The second kappa shape index (κ2) is 5.94. The minimum Gasteiger partial charge on any atom is -0.496 e. The van der Waals surface area contributed by atoms with Crippen molar-refractivity contribution < 1.29 is 13.9 Å². The molecule has 0 fully saturated rings. The Balaban J connectivity index is 2.00. The summed E-state index contributed by atoms with van der Waals surface area (Å²) in [6, 6.07) is 12.3. The van der Waals surface area contributed by atoms with Gasteiger partial charge in [-0.15, -0.1) is 11.6 Å². The average molecular weight is 307 g/mol. The molecule has 0 bridgehead atoms. The molecule has 0 saturated carbocycles. The lowest BCUT2D eigenvalue weighted by Gasteiger charge is -2.30. The van der Waals surface area contributed by atoms with Crippen molar-refractivity contribution in [2.24, 2.45) is 0 Å². The molecule has 1 aliphatic rings. The van der Waals surface area contributed by atoms with Crippen molar-refractivity contribution in [2.75, 3.05) is 13.7 Å². The van der Waals surface area contributed by atoms with Gasteiger partial charge in [0.15, 0.2) is 0 Å². The Morgan fingerprint density at radius 1 is 1.29 bits per heavy atom. The first-order valence-electron chi connectivity index (χ1n) is 6.90. The number of fused-ring (bicyclic) bond motifs is 1. The predicted octanol–water partition coefficient (Wildman–Crippen LogP) is 4.68. The molecular weight excluding hydrogens is 291 g/mol. The first-order valence-corrected chi connectivity index (χ1v) is 7.33. The molecular formula is C17H16ClFO2. The largest absolute Gasteiger partial charge is 0.496 e. The summed E-state index contributed by atoms with van der Waals surface area (Å²) in [4.78, 5) is 0. The Labute approximate surface area is 128 Å². The quantitative estimate of drug-likeness (QED) is 0.767. The van der Waals surface area contributed by atoms with Crippen LogP contribution in [0.3, 0.4) is 0 Å². The zero-order valence-electron chi connectivity index (χ0n) is 11.7. The summed E-state index contributed by atoms with van der Waals surface area (Å²) >= 11 is 6.67. The fraction of sp³-hybridized carbons (Fsp3) is 0.294. The van der Waals surface area contributed by atoms with Crippen LogP contribution in [0.2, 0.25) is 0 Å². The van der Waals surface area contributed by atoms with Crippen LogP contribution in [0.4, 0.5) is 4.39 Å². The zero-order valence-corrected chi connectivity index (χ0v) is 12.4. The molecule has 0 aliphatic carbocycles. The average Bonchev–Trinajstić information content (AvgIpc) is 2.53. The summed E-state index contributed by atoms with van der Waals surface area (Å²) in [6.07, 6.45) is 0.796. The molecule has 0 spiro atoms. The first kappa shape index (κ1) is 14.2. The van der Waals surface area contributed by atoms with Gasteiger partial charge in [-0.2, -0.15) is 0 Å². The Morgan fingerprint density at radius 2 is 2.10 bits per heavy atom. The van der Waals surface area contributed by atoms with Crippen LogP contribution in [0.1, 0.15) is 28.8 Å². The predicted molar refractivity (Wildman–Crippen MR) is 80.8 cm³/mol. The molecule has 21 heavy (non-hydrogen) atoms. The molecule has 3 rings (SSSR count). The van der Waals surface area contributed by atoms with Gasteiger partial charge in [0.05, 0.1) is 19.1 Å². The lowest BCUT2D eigenvalue weighted by atomic mass is 9.86. The van der Waals surface area contributed by atoms with Gasteiger partial charge >= 0.3 is 0 Å². The van der Waals surface area contributed by atoms with Crippen LogP contribution in [-0.2, 0) is 0 Å². The number of halogens is 2. The monoisotopic (exact) mass is 306 g/mol.